The fourth-order valence-corrected chi connectivity index (χ4v) is 2.66. The van der Waals surface area contributed by atoms with Crippen molar-refractivity contribution in [2.45, 2.75) is 12.8 Å². The van der Waals surface area contributed by atoms with Gasteiger partial charge in [-0.1, -0.05) is 12.1 Å². The molecular weight excluding hydrogens is 273 g/mol. The van der Waals surface area contributed by atoms with Gasteiger partial charge in [0.2, 0.25) is 0 Å². The van der Waals surface area contributed by atoms with Crippen LogP contribution in [-0.4, -0.2) is 37.9 Å². The predicted octanol–water partition coefficient (Wildman–Crippen LogP) is 2.79. The molecule has 2 rings (SSSR count). The van der Waals surface area contributed by atoms with Crippen LogP contribution in [0.3, 0.4) is 0 Å². The van der Waals surface area contributed by atoms with Crippen LogP contribution in [0.2, 0.25) is 0 Å². The first-order chi connectivity index (χ1) is 10.1. The van der Waals surface area contributed by atoms with Crippen molar-refractivity contribution in [3.63, 3.8) is 0 Å². The first-order valence-electron chi connectivity index (χ1n) is 7.06. The van der Waals surface area contributed by atoms with E-state index in [9.17, 15) is 9.18 Å². The Labute approximate surface area is 123 Å². The Kier molecular flexibility index (Phi) is 5.33. The van der Waals surface area contributed by atoms with Gasteiger partial charge in [-0.25, -0.2) is 9.18 Å². The lowest BCUT2D eigenvalue weighted by atomic mass is 10.0. The second kappa shape index (κ2) is 7.22. The van der Waals surface area contributed by atoms with Gasteiger partial charge in [-0.3, -0.25) is 0 Å². The maximum atomic E-state index is 14.1. The average molecular weight is 293 g/mol. The van der Waals surface area contributed by atoms with Crippen LogP contribution < -0.4 is 4.90 Å². The number of aliphatic carboxylic acids is 1. The molecule has 1 aliphatic rings. The van der Waals surface area contributed by atoms with Crippen molar-refractivity contribution in [3.05, 3.63) is 35.7 Å². The van der Waals surface area contributed by atoms with E-state index in [-0.39, 0.29) is 5.82 Å². The number of hydrogen-bond donors (Lipinski definition) is 1. The topological polar surface area (TPSA) is 49.8 Å². The van der Waals surface area contributed by atoms with E-state index in [1.54, 1.807) is 12.1 Å². The van der Waals surface area contributed by atoms with Crippen LogP contribution in [0.15, 0.2) is 24.3 Å². The summed E-state index contributed by atoms with van der Waals surface area (Å²) in [7, 11) is 1.82. The molecule has 0 radical (unpaired) electrons. The lowest BCUT2D eigenvalue weighted by molar-refractivity contribution is -0.131. The molecule has 0 aliphatic carbocycles. The molecule has 1 N–H and O–H groups in total. The molecule has 114 valence electrons. The number of anilines is 1. The van der Waals surface area contributed by atoms with Crippen LogP contribution in [0.5, 0.6) is 0 Å². The molecule has 1 heterocycles. The van der Waals surface area contributed by atoms with E-state index in [1.807, 2.05) is 11.9 Å². The minimum absolute atomic E-state index is 0.346. The van der Waals surface area contributed by atoms with Crippen molar-refractivity contribution in [3.8, 4) is 0 Å². The van der Waals surface area contributed by atoms with Gasteiger partial charge in [0.15, 0.2) is 0 Å². The van der Waals surface area contributed by atoms with E-state index in [0.29, 0.717) is 30.3 Å². The summed E-state index contributed by atoms with van der Waals surface area (Å²) in [5, 5.41) is 8.72. The zero-order valence-corrected chi connectivity index (χ0v) is 12.1. The normalized spacial score (nSPS) is 18.9. The number of carboxylic acids is 1. The molecule has 1 fully saturated rings. The summed E-state index contributed by atoms with van der Waals surface area (Å²) in [5.74, 6) is -1.02. The molecule has 0 spiro atoms. The highest BCUT2D eigenvalue weighted by molar-refractivity contribution is 5.87. The van der Waals surface area contributed by atoms with E-state index in [2.05, 4.69) is 0 Å². The maximum Gasteiger partial charge on any atom is 0.328 e. The van der Waals surface area contributed by atoms with Crippen LogP contribution in [0.4, 0.5) is 10.1 Å². The Bertz CT molecular complexity index is 524. The van der Waals surface area contributed by atoms with Crippen molar-refractivity contribution in [1.29, 1.82) is 0 Å². The van der Waals surface area contributed by atoms with E-state index in [0.717, 1.165) is 25.5 Å². The third-order valence-electron chi connectivity index (χ3n) is 3.59. The summed E-state index contributed by atoms with van der Waals surface area (Å²) < 4.78 is 19.6. The van der Waals surface area contributed by atoms with E-state index in [4.69, 9.17) is 9.84 Å². The fourth-order valence-electron chi connectivity index (χ4n) is 2.66. The number of rotatable bonds is 5. The number of halogens is 1. The van der Waals surface area contributed by atoms with Crippen LogP contribution in [-0.2, 0) is 9.53 Å². The minimum atomic E-state index is -1.05. The number of hydrogen-bond acceptors (Lipinski definition) is 3. The lowest BCUT2D eigenvalue weighted by Gasteiger charge is -2.29. The molecule has 21 heavy (non-hydrogen) atoms. The zero-order valence-electron chi connectivity index (χ0n) is 12.1. The van der Waals surface area contributed by atoms with Crippen LogP contribution in [0.1, 0.15) is 18.4 Å². The number of carboxylic acid groups (broad SMARTS) is 1. The van der Waals surface area contributed by atoms with Crippen molar-refractivity contribution >= 4 is 17.7 Å². The van der Waals surface area contributed by atoms with E-state index in [1.165, 1.54) is 12.1 Å². The number of ether oxygens (including phenoxy) is 1. The van der Waals surface area contributed by atoms with Crippen molar-refractivity contribution in [2.75, 3.05) is 31.7 Å². The molecule has 1 saturated heterocycles. The molecule has 0 saturated carbocycles. The van der Waals surface area contributed by atoms with Crippen LogP contribution in [0, 0.1) is 11.7 Å². The molecule has 0 aromatic heterocycles. The number of carbonyl (C=O) groups is 1. The van der Waals surface area contributed by atoms with Gasteiger partial charge in [-0.05, 0) is 30.9 Å². The number of para-hydroxylation sites is 1. The Morgan fingerprint density at radius 1 is 1.57 bits per heavy atom. The van der Waals surface area contributed by atoms with Crippen molar-refractivity contribution in [2.24, 2.45) is 5.92 Å². The third-order valence-corrected chi connectivity index (χ3v) is 3.59. The Morgan fingerprint density at radius 3 is 3.05 bits per heavy atom. The molecule has 1 unspecified atom stereocenters. The van der Waals surface area contributed by atoms with Crippen molar-refractivity contribution < 1.29 is 19.0 Å². The highest BCUT2D eigenvalue weighted by atomic mass is 19.1. The van der Waals surface area contributed by atoms with Gasteiger partial charge in [-0.2, -0.15) is 0 Å². The van der Waals surface area contributed by atoms with Gasteiger partial charge in [0.1, 0.15) is 5.82 Å². The Balaban J connectivity index is 2.18. The first kappa shape index (κ1) is 15.5. The summed E-state index contributed by atoms with van der Waals surface area (Å²) in [4.78, 5) is 12.5. The van der Waals surface area contributed by atoms with Gasteiger partial charge in [0.25, 0.3) is 0 Å². The molecule has 1 aromatic carbocycles. The summed E-state index contributed by atoms with van der Waals surface area (Å²) in [6.07, 6.45) is 4.55. The summed E-state index contributed by atoms with van der Waals surface area (Å²) in [6, 6.07) is 4.69. The highest BCUT2D eigenvalue weighted by Crippen LogP contribution is 2.26. The van der Waals surface area contributed by atoms with Gasteiger partial charge in [0, 0.05) is 31.8 Å². The van der Waals surface area contributed by atoms with Gasteiger partial charge >= 0.3 is 5.97 Å². The minimum Gasteiger partial charge on any atom is -0.478 e. The standard InChI is InChI=1S/C16H20FNO3/c1-18(10-12-4-3-9-21-11-12)16-13(7-8-15(19)20)5-2-6-14(16)17/h2,5-8,12H,3-4,9-11H2,1H3,(H,19,20)/b8-7+. The maximum absolute atomic E-state index is 14.1. The molecular formula is C16H20FNO3. The van der Waals surface area contributed by atoms with E-state index < -0.39 is 5.97 Å². The zero-order chi connectivity index (χ0) is 15.2. The van der Waals surface area contributed by atoms with Gasteiger partial charge < -0.3 is 14.7 Å². The average Bonchev–Trinajstić information content (AvgIpc) is 2.46. The second-order valence-electron chi connectivity index (χ2n) is 5.31. The lowest BCUT2D eigenvalue weighted by Crippen LogP contribution is -2.31. The van der Waals surface area contributed by atoms with Gasteiger partial charge in [-0.15, -0.1) is 0 Å². The molecule has 4 nitrogen and oxygen atoms in total. The number of benzene rings is 1. The predicted molar refractivity (Wildman–Crippen MR) is 79.9 cm³/mol. The summed E-state index contributed by atoms with van der Waals surface area (Å²) in [6.45, 7) is 2.18. The summed E-state index contributed by atoms with van der Waals surface area (Å²) in [5.41, 5.74) is 0.997. The van der Waals surface area contributed by atoms with Crippen molar-refractivity contribution in [1.82, 2.24) is 0 Å². The van der Waals surface area contributed by atoms with Crippen LogP contribution >= 0.6 is 0 Å². The second-order valence-corrected chi connectivity index (χ2v) is 5.31. The molecule has 1 atom stereocenters. The Hall–Kier alpha value is -1.88. The summed E-state index contributed by atoms with van der Waals surface area (Å²) >= 11 is 0. The largest absolute Gasteiger partial charge is 0.478 e. The quantitative estimate of drug-likeness (QED) is 0.848. The fraction of sp³-hybridized carbons (Fsp3) is 0.438. The molecule has 5 heteroatoms. The molecule has 1 aliphatic heterocycles. The molecule has 0 bridgehead atoms. The monoisotopic (exact) mass is 293 g/mol. The van der Waals surface area contributed by atoms with Gasteiger partial charge in [0.05, 0.1) is 12.3 Å². The van der Waals surface area contributed by atoms with E-state index >= 15 is 0 Å². The van der Waals surface area contributed by atoms with Crippen LogP contribution in [0.25, 0.3) is 6.08 Å². The third kappa shape index (κ3) is 4.29. The SMILES string of the molecule is CN(CC1CCCOC1)c1c(F)cccc1/C=C/C(=O)O. The Morgan fingerprint density at radius 2 is 2.38 bits per heavy atom. The smallest absolute Gasteiger partial charge is 0.328 e. The first-order valence-corrected chi connectivity index (χ1v) is 7.06. The highest BCUT2D eigenvalue weighted by Gasteiger charge is 2.19. The molecule has 0 amide bonds. The number of nitrogens with zero attached hydrogens (tertiary/aromatic N) is 1. The molecule has 1 aromatic rings.